The predicted octanol–water partition coefficient (Wildman–Crippen LogP) is 5.50. The van der Waals surface area contributed by atoms with Crippen molar-refractivity contribution in [2.24, 2.45) is 0 Å². The number of piperidine rings is 1. The summed E-state index contributed by atoms with van der Waals surface area (Å²) >= 11 is 0. The first-order valence-corrected chi connectivity index (χ1v) is 11.5. The van der Waals surface area contributed by atoms with Gasteiger partial charge >= 0.3 is 0 Å². The number of hydrogen-bond acceptors (Lipinski definition) is 3. The van der Waals surface area contributed by atoms with Gasteiger partial charge in [0.05, 0.1) is 17.3 Å². The maximum Gasteiger partial charge on any atom is 0.256 e. The van der Waals surface area contributed by atoms with E-state index in [2.05, 4.69) is 19.5 Å². The van der Waals surface area contributed by atoms with Gasteiger partial charge in [-0.15, -0.1) is 0 Å². The number of hydrogen-bond donors (Lipinski definition) is 1. The Morgan fingerprint density at radius 2 is 1.82 bits per heavy atom. The molecule has 1 fully saturated rings. The molecule has 5 aromatic rings. The van der Waals surface area contributed by atoms with Crippen molar-refractivity contribution in [1.82, 2.24) is 24.4 Å². The van der Waals surface area contributed by atoms with Crippen LogP contribution in [0, 0.1) is 12.7 Å². The lowest BCUT2D eigenvalue weighted by atomic mass is 10.0. The van der Waals surface area contributed by atoms with Crippen molar-refractivity contribution >= 4 is 27.8 Å². The molecule has 7 heteroatoms. The Kier molecular flexibility index (Phi) is 4.90. The lowest BCUT2D eigenvalue weighted by Crippen LogP contribution is -2.39. The van der Waals surface area contributed by atoms with E-state index in [1.165, 1.54) is 12.1 Å². The highest BCUT2D eigenvalue weighted by Gasteiger charge is 2.27. The zero-order chi connectivity index (χ0) is 23.2. The minimum atomic E-state index is -0.255. The van der Waals surface area contributed by atoms with E-state index in [1.54, 1.807) is 30.7 Å². The molecule has 1 saturated heterocycles. The molecule has 0 unspecified atom stereocenters. The van der Waals surface area contributed by atoms with Gasteiger partial charge in [-0.2, -0.15) is 0 Å². The number of carbonyl (C=O) groups is 1. The SMILES string of the molecule is Cc1nc2cnccc2n1C1CCN(C(=O)c2c[nH]c3cc(-c4ccc(F)cc4)ccc23)CC1. The molecule has 34 heavy (non-hydrogen) atoms. The van der Waals surface area contributed by atoms with Gasteiger partial charge in [0.25, 0.3) is 5.91 Å². The molecule has 170 valence electrons. The summed E-state index contributed by atoms with van der Waals surface area (Å²) in [5.41, 5.74) is 5.52. The molecule has 4 heterocycles. The maximum absolute atomic E-state index is 13.4. The van der Waals surface area contributed by atoms with Crippen molar-refractivity contribution in [3.05, 3.63) is 84.3 Å². The Labute approximate surface area is 196 Å². The van der Waals surface area contributed by atoms with Crippen LogP contribution in [-0.2, 0) is 0 Å². The molecule has 2 aromatic carbocycles. The van der Waals surface area contributed by atoms with Gasteiger partial charge < -0.3 is 14.5 Å². The van der Waals surface area contributed by atoms with Crippen molar-refractivity contribution < 1.29 is 9.18 Å². The Bertz CT molecular complexity index is 1510. The molecule has 0 spiro atoms. The third kappa shape index (κ3) is 3.44. The van der Waals surface area contributed by atoms with Crippen LogP contribution in [-0.4, -0.2) is 43.4 Å². The van der Waals surface area contributed by atoms with Gasteiger partial charge in [-0.05, 0) is 55.2 Å². The van der Waals surface area contributed by atoms with Crippen molar-refractivity contribution in [3.8, 4) is 11.1 Å². The van der Waals surface area contributed by atoms with Crippen LogP contribution in [0.3, 0.4) is 0 Å². The number of likely N-dealkylation sites (tertiary alicyclic amines) is 1. The summed E-state index contributed by atoms with van der Waals surface area (Å²) in [6.07, 6.45) is 7.18. The van der Waals surface area contributed by atoms with Gasteiger partial charge in [-0.25, -0.2) is 9.37 Å². The summed E-state index contributed by atoms with van der Waals surface area (Å²) in [4.78, 5) is 27.4. The van der Waals surface area contributed by atoms with E-state index in [4.69, 9.17) is 0 Å². The minimum absolute atomic E-state index is 0.0515. The highest BCUT2D eigenvalue weighted by molar-refractivity contribution is 6.07. The van der Waals surface area contributed by atoms with E-state index >= 15 is 0 Å². The number of nitrogens with zero attached hydrogens (tertiary/aromatic N) is 4. The fourth-order valence-electron chi connectivity index (χ4n) is 5.15. The molecule has 6 nitrogen and oxygen atoms in total. The molecule has 0 saturated carbocycles. The predicted molar refractivity (Wildman–Crippen MR) is 130 cm³/mol. The first-order valence-electron chi connectivity index (χ1n) is 11.5. The average Bonchev–Trinajstić information content (AvgIpc) is 3.44. The summed E-state index contributed by atoms with van der Waals surface area (Å²) in [6.45, 7) is 3.44. The van der Waals surface area contributed by atoms with Gasteiger partial charge in [-0.1, -0.05) is 24.3 Å². The number of benzene rings is 2. The third-order valence-corrected chi connectivity index (χ3v) is 6.87. The van der Waals surface area contributed by atoms with Crippen LogP contribution in [0.5, 0.6) is 0 Å². The van der Waals surface area contributed by atoms with E-state index in [1.807, 2.05) is 36.1 Å². The van der Waals surface area contributed by atoms with Crippen molar-refractivity contribution in [1.29, 1.82) is 0 Å². The number of aromatic nitrogens is 4. The fourth-order valence-corrected chi connectivity index (χ4v) is 5.15. The van der Waals surface area contributed by atoms with Gasteiger partial charge in [0.2, 0.25) is 0 Å². The van der Waals surface area contributed by atoms with Gasteiger partial charge in [0.1, 0.15) is 17.2 Å². The summed E-state index contributed by atoms with van der Waals surface area (Å²) < 4.78 is 15.6. The second-order valence-corrected chi connectivity index (χ2v) is 8.89. The highest BCUT2D eigenvalue weighted by atomic mass is 19.1. The smallest absolute Gasteiger partial charge is 0.256 e. The number of fused-ring (bicyclic) bond motifs is 2. The van der Waals surface area contributed by atoms with Crippen LogP contribution in [0.2, 0.25) is 0 Å². The summed E-state index contributed by atoms with van der Waals surface area (Å²) in [5.74, 6) is 0.784. The Hall–Kier alpha value is -4.00. The number of H-pyrrole nitrogens is 1. The Morgan fingerprint density at radius 3 is 2.62 bits per heavy atom. The lowest BCUT2D eigenvalue weighted by Gasteiger charge is -2.33. The largest absolute Gasteiger partial charge is 0.360 e. The monoisotopic (exact) mass is 453 g/mol. The van der Waals surface area contributed by atoms with E-state index in [-0.39, 0.29) is 11.7 Å². The topological polar surface area (TPSA) is 66.8 Å². The molecule has 3 aromatic heterocycles. The van der Waals surface area contributed by atoms with E-state index in [9.17, 15) is 9.18 Å². The zero-order valence-electron chi connectivity index (χ0n) is 18.8. The molecular weight excluding hydrogens is 429 g/mol. The lowest BCUT2D eigenvalue weighted by molar-refractivity contribution is 0.0697. The summed E-state index contributed by atoms with van der Waals surface area (Å²) in [6, 6.07) is 14.7. The molecule has 1 N–H and O–H groups in total. The molecule has 0 aliphatic carbocycles. The number of pyridine rings is 1. The quantitative estimate of drug-likeness (QED) is 0.392. The van der Waals surface area contributed by atoms with Crippen LogP contribution in [0.15, 0.2) is 67.1 Å². The van der Waals surface area contributed by atoms with Crippen molar-refractivity contribution in [2.45, 2.75) is 25.8 Å². The number of nitrogens with one attached hydrogen (secondary N) is 1. The number of carbonyl (C=O) groups excluding carboxylic acids is 1. The first kappa shape index (κ1) is 20.6. The number of halogens is 1. The molecule has 0 radical (unpaired) electrons. The number of aromatic amines is 1. The van der Waals surface area contributed by atoms with E-state index in [0.717, 1.165) is 51.7 Å². The van der Waals surface area contributed by atoms with Crippen LogP contribution < -0.4 is 0 Å². The van der Waals surface area contributed by atoms with Crippen molar-refractivity contribution in [2.75, 3.05) is 13.1 Å². The number of rotatable bonds is 3. The van der Waals surface area contributed by atoms with Gasteiger partial charge in [-0.3, -0.25) is 9.78 Å². The molecular formula is C27H24FN5O. The fraction of sp³-hybridized carbons (Fsp3) is 0.222. The standard InChI is InChI=1S/C27H24FN5O/c1-17-31-25-16-29-11-8-26(25)33(17)21-9-12-32(13-10-21)27(34)23-15-30-24-14-19(4-7-22(23)24)18-2-5-20(28)6-3-18/h2-8,11,14-16,21,30H,9-10,12-13H2,1H3. The number of imidazole rings is 1. The number of aryl methyl sites for hydroxylation is 1. The van der Waals surface area contributed by atoms with E-state index in [0.29, 0.717) is 24.7 Å². The molecule has 0 atom stereocenters. The van der Waals surface area contributed by atoms with Crippen LogP contribution in [0.25, 0.3) is 33.1 Å². The molecule has 1 amide bonds. The average molecular weight is 454 g/mol. The van der Waals surface area contributed by atoms with E-state index < -0.39 is 0 Å². The summed E-state index contributed by atoms with van der Waals surface area (Å²) in [7, 11) is 0. The van der Waals surface area contributed by atoms with Crippen molar-refractivity contribution in [3.63, 3.8) is 0 Å². The summed E-state index contributed by atoms with van der Waals surface area (Å²) in [5, 5.41) is 0.905. The molecule has 1 aliphatic heterocycles. The number of amides is 1. The van der Waals surface area contributed by atoms with Gasteiger partial charge in [0.15, 0.2) is 0 Å². The van der Waals surface area contributed by atoms with Crippen LogP contribution >= 0.6 is 0 Å². The maximum atomic E-state index is 13.4. The zero-order valence-corrected chi connectivity index (χ0v) is 18.8. The normalized spacial score (nSPS) is 14.8. The third-order valence-electron chi connectivity index (χ3n) is 6.87. The Balaban J connectivity index is 1.21. The second kappa shape index (κ2) is 8.09. The highest BCUT2D eigenvalue weighted by Crippen LogP contribution is 2.31. The molecule has 6 rings (SSSR count). The second-order valence-electron chi connectivity index (χ2n) is 8.89. The first-order chi connectivity index (χ1) is 16.6. The molecule has 1 aliphatic rings. The molecule has 0 bridgehead atoms. The van der Waals surface area contributed by atoms with Crippen LogP contribution in [0.1, 0.15) is 35.1 Å². The van der Waals surface area contributed by atoms with Crippen LogP contribution in [0.4, 0.5) is 4.39 Å². The Morgan fingerprint density at radius 1 is 1.06 bits per heavy atom. The van der Waals surface area contributed by atoms with Gasteiger partial charge in [0, 0.05) is 42.4 Å². The minimum Gasteiger partial charge on any atom is -0.360 e.